The number of hydrogen-bond acceptors (Lipinski definition) is 5. The molecule has 2 N–H and O–H groups in total. The van der Waals surface area contributed by atoms with Gasteiger partial charge in [-0.1, -0.05) is 0 Å². The highest BCUT2D eigenvalue weighted by atomic mass is 35.5. The van der Waals surface area contributed by atoms with Gasteiger partial charge < -0.3 is 5.73 Å². The van der Waals surface area contributed by atoms with E-state index in [1.54, 1.807) is 0 Å². The van der Waals surface area contributed by atoms with Gasteiger partial charge in [0, 0.05) is 20.2 Å². The monoisotopic (exact) mass is 359 g/mol. The highest BCUT2D eigenvalue weighted by Crippen LogP contribution is 2.28. The molecule has 0 aliphatic rings. The van der Waals surface area contributed by atoms with Crippen molar-refractivity contribution in [3.05, 3.63) is 28.5 Å². The van der Waals surface area contributed by atoms with Crippen LogP contribution in [0.15, 0.2) is 6.07 Å². The van der Waals surface area contributed by atoms with Crippen LogP contribution in [0.5, 0.6) is 0 Å². The Morgan fingerprint density at radius 3 is 1.91 bits per heavy atom. The van der Waals surface area contributed by atoms with E-state index >= 15 is 0 Å². The summed E-state index contributed by atoms with van der Waals surface area (Å²) in [5, 5.41) is -0.152. The van der Waals surface area contributed by atoms with E-state index in [4.69, 9.17) is 28.9 Å². The average Bonchev–Trinajstić information content (AvgIpc) is 2.91. The molecule has 0 unspecified atom stereocenters. The molecule has 0 aromatic carbocycles. The summed E-state index contributed by atoms with van der Waals surface area (Å²) in [6, 6.07) is 1.30. The van der Waals surface area contributed by atoms with Crippen LogP contribution in [0.2, 0.25) is 10.6 Å². The molecule has 3 heterocycles. The van der Waals surface area contributed by atoms with Crippen LogP contribution >= 0.6 is 23.2 Å². The molecule has 120 valence electrons. The fraction of sp³-hybridized carbons (Fsp3) is 0.167. The third-order valence-corrected chi connectivity index (χ3v) is 3.82. The van der Waals surface area contributed by atoms with Gasteiger partial charge in [-0.25, -0.2) is 19.9 Å². The van der Waals surface area contributed by atoms with Gasteiger partial charge in [0.1, 0.15) is 11.5 Å². The van der Waals surface area contributed by atoms with Crippen LogP contribution < -0.4 is 5.73 Å². The first-order valence-corrected chi connectivity index (χ1v) is 6.96. The lowest BCUT2D eigenvalue weighted by Crippen LogP contribution is -2.01. The number of anilines is 1. The first kappa shape index (κ1) is 15.6. The van der Waals surface area contributed by atoms with Gasteiger partial charge in [0.15, 0.2) is 11.5 Å². The Kier molecular flexibility index (Phi) is 3.69. The minimum absolute atomic E-state index is 0.00708. The van der Waals surface area contributed by atoms with E-state index in [0.717, 1.165) is 9.13 Å². The highest BCUT2D eigenvalue weighted by Gasteiger charge is 2.22. The molecule has 3 aromatic heterocycles. The molecule has 0 aliphatic carbocycles. The average molecular weight is 360 g/mol. The predicted octanol–water partition coefficient (Wildman–Crippen LogP) is 2.44. The molecule has 7 nitrogen and oxygen atoms in total. The molecule has 0 saturated heterocycles. The van der Waals surface area contributed by atoms with Gasteiger partial charge in [-0.3, -0.25) is 9.13 Å². The summed E-state index contributed by atoms with van der Waals surface area (Å²) in [5.41, 5.74) is 5.41. The first-order chi connectivity index (χ1) is 10.8. The Labute approximate surface area is 138 Å². The number of imidazole rings is 2. The number of hydrogen-bond donors (Lipinski definition) is 1. The second-order valence-electron chi connectivity index (χ2n) is 4.66. The fourth-order valence-corrected chi connectivity index (χ4v) is 2.22. The summed E-state index contributed by atoms with van der Waals surface area (Å²) in [6.07, 6.45) is 0. The molecule has 0 amide bonds. The van der Waals surface area contributed by atoms with Gasteiger partial charge in [-0.05, 0) is 23.2 Å². The maximum absolute atomic E-state index is 14.1. The lowest BCUT2D eigenvalue weighted by atomic mass is 10.3. The maximum Gasteiger partial charge on any atom is 0.225 e. The van der Waals surface area contributed by atoms with E-state index in [2.05, 4.69) is 19.9 Å². The van der Waals surface area contributed by atoms with Gasteiger partial charge in [0.05, 0.1) is 5.69 Å². The molecule has 0 fully saturated rings. The molecule has 3 rings (SSSR count). The van der Waals surface area contributed by atoms with Crippen LogP contribution in [0.4, 0.5) is 14.6 Å². The molecule has 3 aromatic rings. The van der Waals surface area contributed by atoms with Gasteiger partial charge >= 0.3 is 0 Å². The van der Waals surface area contributed by atoms with Crippen molar-refractivity contribution in [3.8, 4) is 22.9 Å². The zero-order valence-corrected chi connectivity index (χ0v) is 13.4. The molecule has 0 spiro atoms. The Balaban J connectivity index is 2.20. The second-order valence-corrected chi connectivity index (χ2v) is 5.34. The van der Waals surface area contributed by atoms with Crippen molar-refractivity contribution in [1.29, 1.82) is 0 Å². The quantitative estimate of drug-likeness (QED) is 0.759. The number of nitrogens with zero attached hydrogens (tertiary/aromatic N) is 6. The maximum atomic E-state index is 14.1. The Morgan fingerprint density at radius 2 is 1.43 bits per heavy atom. The summed E-state index contributed by atoms with van der Waals surface area (Å²) in [4.78, 5) is 15.7. The van der Waals surface area contributed by atoms with Gasteiger partial charge in [0.25, 0.3) is 0 Å². The SMILES string of the molecule is Cn1c(Cl)nc(-c2cc(N)nc(-c3nc(Cl)n(C)c3F)n2)c1F. The molecule has 23 heavy (non-hydrogen) atoms. The Bertz CT molecular complexity index is 848. The van der Waals surface area contributed by atoms with E-state index in [0.29, 0.717) is 0 Å². The molecule has 0 bridgehead atoms. The molecule has 0 atom stereocenters. The highest BCUT2D eigenvalue weighted by molar-refractivity contribution is 6.29. The second kappa shape index (κ2) is 5.43. The topological polar surface area (TPSA) is 87.4 Å². The standard InChI is InChI=1S/C12H9Cl2F2N7/c1-22-8(15)6(20-11(22)13)4-3-5(17)19-10(18-4)7-9(16)23(2)12(14)21-7/h3H,1-2H3,(H2,17,18,19). The summed E-state index contributed by atoms with van der Waals surface area (Å²) in [6.45, 7) is 0. The molecular weight excluding hydrogens is 351 g/mol. The lowest BCUT2D eigenvalue weighted by Gasteiger charge is -2.03. The first-order valence-electron chi connectivity index (χ1n) is 6.20. The lowest BCUT2D eigenvalue weighted by molar-refractivity contribution is 0.537. The third-order valence-electron chi connectivity index (χ3n) is 3.14. The number of nitrogen functional groups attached to an aromatic ring is 1. The normalized spacial score (nSPS) is 11.2. The minimum atomic E-state index is -0.744. The van der Waals surface area contributed by atoms with Crippen molar-refractivity contribution in [1.82, 2.24) is 29.1 Å². The zero-order valence-electron chi connectivity index (χ0n) is 11.8. The van der Waals surface area contributed by atoms with Gasteiger partial charge in [0.2, 0.25) is 22.5 Å². The van der Waals surface area contributed by atoms with Crippen molar-refractivity contribution in [2.75, 3.05) is 5.73 Å². The van der Waals surface area contributed by atoms with Crippen LogP contribution in [0.1, 0.15) is 0 Å². The van der Waals surface area contributed by atoms with Crippen molar-refractivity contribution in [3.63, 3.8) is 0 Å². The van der Waals surface area contributed by atoms with Crippen molar-refractivity contribution >= 4 is 29.0 Å². The van der Waals surface area contributed by atoms with Gasteiger partial charge in [-0.15, -0.1) is 0 Å². The largest absolute Gasteiger partial charge is 0.384 e. The van der Waals surface area contributed by atoms with E-state index < -0.39 is 11.9 Å². The smallest absolute Gasteiger partial charge is 0.225 e. The van der Waals surface area contributed by atoms with Crippen LogP contribution in [-0.2, 0) is 14.1 Å². The minimum Gasteiger partial charge on any atom is -0.384 e. The fourth-order valence-electron chi connectivity index (χ4n) is 1.90. The van der Waals surface area contributed by atoms with Gasteiger partial charge in [-0.2, -0.15) is 8.78 Å². The van der Waals surface area contributed by atoms with Crippen LogP contribution in [-0.4, -0.2) is 29.1 Å². The van der Waals surface area contributed by atoms with Crippen LogP contribution in [0.25, 0.3) is 22.9 Å². The summed E-state index contributed by atoms with van der Waals surface area (Å²) < 4.78 is 30.3. The number of nitrogens with two attached hydrogens (primary N) is 1. The van der Waals surface area contributed by atoms with E-state index in [9.17, 15) is 8.78 Å². The Hall–Kier alpha value is -2.26. The Morgan fingerprint density at radius 1 is 0.913 bits per heavy atom. The predicted molar refractivity (Wildman–Crippen MR) is 80.8 cm³/mol. The van der Waals surface area contributed by atoms with E-state index in [1.807, 2.05) is 0 Å². The molecule has 0 radical (unpaired) electrons. The number of rotatable bonds is 2. The van der Waals surface area contributed by atoms with Crippen molar-refractivity contribution in [2.24, 2.45) is 14.1 Å². The number of halogens is 4. The zero-order chi connectivity index (χ0) is 16.9. The molecule has 0 saturated carbocycles. The summed E-state index contributed by atoms with van der Waals surface area (Å²) >= 11 is 11.5. The van der Waals surface area contributed by atoms with E-state index in [-0.39, 0.29) is 39.3 Å². The van der Waals surface area contributed by atoms with Crippen molar-refractivity contribution in [2.45, 2.75) is 0 Å². The third kappa shape index (κ3) is 2.51. The van der Waals surface area contributed by atoms with E-state index in [1.165, 1.54) is 20.2 Å². The summed E-state index contributed by atoms with van der Waals surface area (Å²) in [7, 11) is 2.79. The van der Waals surface area contributed by atoms with Crippen LogP contribution in [0, 0.1) is 11.9 Å². The van der Waals surface area contributed by atoms with Crippen LogP contribution in [0.3, 0.4) is 0 Å². The molecule has 11 heteroatoms. The molecular formula is C12H9Cl2F2N7. The molecule has 0 aliphatic heterocycles. The van der Waals surface area contributed by atoms with Crippen molar-refractivity contribution < 1.29 is 8.78 Å². The summed E-state index contributed by atoms with van der Waals surface area (Å²) in [5.74, 6) is -1.60. The number of aromatic nitrogens is 6.